The van der Waals surface area contributed by atoms with E-state index in [1.165, 1.54) is 128 Å². The molecule has 0 aliphatic heterocycles. The molecule has 0 spiro atoms. The Kier molecular flexibility index (Phi) is 55.9. The fraction of sp³-hybridized carbons (Fsp3) is 0.939. The predicted octanol–water partition coefficient (Wildman–Crippen LogP) is 18.3. The van der Waals surface area contributed by atoms with Gasteiger partial charge in [-0.2, -0.15) is 0 Å². The highest BCUT2D eigenvalue weighted by Gasteiger charge is 2.30. The summed E-state index contributed by atoms with van der Waals surface area (Å²) in [5.74, 6) is -0.0450. The minimum atomic E-state index is -4.95. The number of phosphoric ester groups is 2. The topological polar surface area (TPSA) is 237 Å². The molecule has 0 saturated carbocycles. The van der Waals surface area contributed by atoms with Crippen LogP contribution in [-0.2, 0) is 65.4 Å². The number of esters is 4. The molecule has 85 heavy (non-hydrogen) atoms. The van der Waals surface area contributed by atoms with Gasteiger partial charge in [0.1, 0.15) is 19.3 Å². The van der Waals surface area contributed by atoms with Crippen molar-refractivity contribution in [2.24, 2.45) is 17.8 Å². The summed E-state index contributed by atoms with van der Waals surface area (Å²) in [5.41, 5.74) is 0. The molecule has 0 aromatic rings. The summed E-state index contributed by atoms with van der Waals surface area (Å²) in [6, 6.07) is 0. The van der Waals surface area contributed by atoms with Crippen LogP contribution in [0.1, 0.15) is 325 Å². The Bertz CT molecular complexity index is 1680. The van der Waals surface area contributed by atoms with Gasteiger partial charge in [-0.05, 0) is 43.4 Å². The second-order valence-electron chi connectivity index (χ2n) is 25.3. The normalized spacial score (nSPS) is 14.3. The lowest BCUT2D eigenvalue weighted by atomic mass is 10.0. The zero-order valence-electron chi connectivity index (χ0n) is 55.1. The first-order valence-electron chi connectivity index (χ1n) is 34.3. The average Bonchev–Trinajstić information content (AvgIpc) is 3.56. The first-order valence-corrected chi connectivity index (χ1v) is 37.3. The Hall–Kier alpha value is -1.94. The number of rotatable bonds is 64. The SMILES string of the molecule is CCCCCCCCCCCCCCCCCC(=O)O[C@H](COC(=O)CCCCCCCCCCCC(C)C)COP(=O)(O)OC[C@@H](O)COP(=O)(O)OC[C@@H](COC(=O)CCCCCCCCC(C)C)OC(=O)CCCCCCCCC(C)C. The quantitative estimate of drug-likeness (QED) is 0.0222. The lowest BCUT2D eigenvalue weighted by molar-refractivity contribution is -0.161. The molecule has 3 N–H and O–H groups in total. The molecule has 0 radical (unpaired) electrons. The van der Waals surface area contributed by atoms with Gasteiger partial charge in [0.25, 0.3) is 0 Å². The van der Waals surface area contributed by atoms with Crippen LogP contribution >= 0.6 is 15.6 Å². The third kappa shape index (κ3) is 60.7. The summed E-state index contributed by atoms with van der Waals surface area (Å²) in [7, 11) is -9.89. The molecule has 5 atom stereocenters. The molecule has 19 heteroatoms. The fourth-order valence-corrected chi connectivity index (χ4v) is 11.4. The second-order valence-corrected chi connectivity index (χ2v) is 28.2. The maximum absolute atomic E-state index is 13.0. The molecule has 0 bridgehead atoms. The van der Waals surface area contributed by atoms with E-state index in [9.17, 15) is 43.2 Å². The van der Waals surface area contributed by atoms with Crippen LogP contribution in [0.2, 0.25) is 0 Å². The number of unbranched alkanes of at least 4 members (excludes halogenated alkanes) is 32. The lowest BCUT2D eigenvalue weighted by Crippen LogP contribution is -2.30. The van der Waals surface area contributed by atoms with Crippen molar-refractivity contribution in [2.45, 2.75) is 343 Å². The van der Waals surface area contributed by atoms with Gasteiger partial charge in [0.05, 0.1) is 26.4 Å². The van der Waals surface area contributed by atoms with Crippen LogP contribution in [0, 0.1) is 17.8 Å². The maximum atomic E-state index is 13.0. The molecule has 0 fully saturated rings. The molecule has 17 nitrogen and oxygen atoms in total. The number of hydrogen-bond acceptors (Lipinski definition) is 15. The third-order valence-corrected chi connectivity index (χ3v) is 17.0. The van der Waals surface area contributed by atoms with E-state index in [0.717, 1.165) is 102 Å². The number of carbonyl (C=O) groups excluding carboxylic acids is 4. The molecule has 0 aromatic carbocycles. The molecule has 0 aliphatic carbocycles. The first-order chi connectivity index (χ1) is 40.7. The van der Waals surface area contributed by atoms with Crippen molar-refractivity contribution in [1.29, 1.82) is 0 Å². The Morgan fingerprint density at radius 3 is 0.800 bits per heavy atom. The summed E-state index contributed by atoms with van der Waals surface area (Å²) in [6.45, 7) is 11.6. The van der Waals surface area contributed by atoms with Crippen molar-refractivity contribution < 1.29 is 80.2 Å². The van der Waals surface area contributed by atoms with Crippen LogP contribution in [0.25, 0.3) is 0 Å². The van der Waals surface area contributed by atoms with Gasteiger partial charge in [-0.25, -0.2) is 9.13 Å². The molecular formula is C66H128O17P2. The molecule has 0 aliphatic rings. The molecule has 0 amide bonds. The number of aliphatic hydroxyl groups is 1. The highest BCUT2D eigenvalue weighted by molar-refractivity contribution is 7.47. The van der Waals surface area contributed by atoms with Gasteiger partial charge in [-0.15, -0.1) is 0 Å². The molecule has 2 unspecified atom stereocenters. The van der Waals surface area contributed by atoms with E-state index in [2.05, 4.69) is 48.5 Å². The highest BCUT2D eigenvalue weighted by Crippen LogP contribution is 2.45. The number of phosphoric acid groups is 2. The van der Waals surface area contributed by atoms with Crippen LogP contribution in [-0.4, -0.2) is 96.7 Å². The Balaban J connectivity index is 5.23. The summed E-state index contributed by atoms with van der Waals surface area (Å²) in [6.07, 6.45) is 39.3. The number of aliphatic hydroxyl groups excluding tert-OH is 1. The Morgan fingerprint density at radius 2 is 0.541 bits per heavy atom. The van der Waals surface area contributed by atoms with E-state index >= 15 is 0 Å². The van der Waals surface area contributed by atoms with Gasteiger partial charge in [0.2, 0.25) is 0 Å². The van der Waals surface area contributed by atoms with E-state index in [4.69, 9.17) is 37.0 Å². The van der Waals surface area contributed by atoms with Crippen molar-refractivity contribution in [3.63, 3.8) is 0 Å². The number of ether oxygens (including phenoxy) is 4. The summed E-state index contributed by atoms with van der Waals surface area (Å²) in [4.78, 5) is 72.3. The minimum Gasteiger partial charge on any atom is -0.462 e. The van der Waals surface area contributed by atoms with Crippen molar-refractivity contribution >= 4 is 39.5 Å². The first kappa shape index (κ1) is 83.1. The molecule has 0 rings (SSSR count). The van der Waals surface area contributed by atoms with Crippen LogP contribution in [0.5, 0.6) is 0 Å². The molecule has 0 heterocycles. The van der Waals surface area contributed by atoms with Crippen molar-refractivity contribution in [2.75, 3.05) is 39.6 Å². The molecule has 0 saturated heterocycles. The zero-order valence-corrected chi connectivity index (χ0v) is 56.9. The van der Waals surface area contributed by atoms with E-state index in [1.54, 1.807) is 0 Å². The van der Waals surface area contributed by atoms with Crippen molar-refractivity contribution in [3.05, 3.63) is 0 Å². The van der Waals surface area contributed by atoms with Crippen LogP contribution in [0.4, 0.5) is 0 Å². The minimum absolute atomic E-state index is 0.101. The summed E-state index contributed by atoms with van der Waals surface area (Å²) in [5, 5.41) is 10.5. The fourth-order valence-electron chi connectivity index (χ4n) is 9.83. The standard InChI is InChI=1S/C66H128O17P2/c1-8-9-10-11-12-13-14-15-16-17-18-21-25-35-42-49-65(70)82-61(53-76-63(68)47-40-33-24-22-19-20-23-30-37-44-57(2)3)55-80-84(72,73)78-51-60(67)52-79-85(74,75)81-56-62(83-66(71)50-43-36-29-27-32-39-46-59(6)7)54-77-64(69)48-41-34-28-26-31-38-45-58(4)5/h57-62,67H,8-56H2,1-7H3,(H,72,73)(H,74,75)/t60-,61-,62-/m1/s1. The van der Waals surface area contributed by atoms with Crippen molar-refractivity contribution in [3.8, 4) is 0 Å². The Morgan fingerprint density at radius 1 is 0.318 bits per heavy atom. The number of carbonyl (C=O) groups is 4. The van der Waals surface area contributed by atoms with Gasteiger partial charge in [-0.3, -0.25) is 37.3 Å². The van der Waals surface area contributed by atoms with Crippen molar-refractivity contribution in [1.82, 2.24) is 0 Å². The summed E-state index contributed by atoms with van der Waals surface area (Å²) < 4.78 is 68.0. The van der Waals surface area contributed by atoms with Crippen LogP contribution in [0.3, 0.4) is 0 Å². The van der Waals surface area contributed by atoms with Gasteiger partial charge in [0.15, 0.2) is 12.2 Å². The van der Waals surface area contributed by atoms with Gasteiger partial charge in [-0.1, -0.05) is 273 Å². The van der Waals surface area contributed by atoms with Gasteiger partial charge in [0, 0.05) is 25.7 Å². The predicted molar refractivity (Wildman–Crippen MR) is 340 cm³/mol. The highest BCUT2D eigenvalue weighted by atomic mass is 31.2. The van der Waals surface area contributed by atoms with Crippen LogP contribution < -0.4 is 0 Å². The van der Waals surface area contributed by atoms with E-state index in [-0.39, 0.29) is 25.7 Å². The molecular weight excluding hydrogens is 1130 g/mol. The average molecular weight is 1260 g/mol. The Labute approximate surface area is 517 Å². The maximum Gasteiger partial charge on any atom is 0.472 e. The zero-order chi connectivity index (χ0) is 63.1. The summed E-state index contributed by atoms with van der Waals surface area (Å²) >= 11 is 0. The van der Waals surface area contributed by atoms with E-state index in [1.807, 2.05) is 0 Å². The van der Waals surface area contributed by atoms with E-state index < -0.39 is 97.5 Å². The largest absolute Gasteiger partial charge is 0.472 e. The molecule has 0 aromatic heterocycles. The van der Waals surface area contributed by atoms with Gasteiger partial charge < -0.3 is 33.8 Å². The van der Waals surface area contributed by atoms with E-state index in [0.29, 0.717) is 37.5 Å². The lowest BCUT2D eigenvalue weighted by Gasteiger charge is -2.21. The van der Waals surface area contributed by atoms with Gasteiger partial charge >= 0.3 is 39.5 Å². The number of hydrogen-bond donors (Lipinski definition) is 3. The second kappa shape index (κ2) is 57.2. The van der Waals surface area contributed by atoms with Crippen LogP contribution in [0.15, 0.2) is 0 Å². The molecule has 504 valence electrons. The smallest absolute Gasteiger partial charge is 0.462 e. The third-order valence-electron chi connectivity index (χ3n) is 15.1. The monoisotopic (exact) mass is 1250 g/mol.